The molecule has 1 aromatic carbocycles. The molecule has 0 saturated carbocycles. The highest BCUT2D eigenvalue weighted by Gasteiger charge is 2.37. The first-order valence-electron chi connectivity index (χ1n) is 8.06. The average Bonchev–Trinajstić information content (AvgIpc) is 2.96. The number of aryl methyl sites for hydroxylation is 2. The summed E-state index contributed by atoms with van der Waals surface area (Å²) in [5.41, 5.74) is -1.33. The van der Waals surface area contributed by atoms with Crippen molar-refractivity contribution in [1.29, 1.82) is 0 Å². The predicted molar refractivity (Wildman–Crippen MR) is 90.7 cm³/mol. The summed E-state index contributed by atoms with van der Waals surface area (Å²) < 4.78 is 82.6. The number of halogens is 6. The smallest absolute Gasteiger partial charge is 0.406 e. The molecule has 11 heteroatoms. The van der Waals surface area contributed by atoms with E-state index in [2.05, 4.69) is 9.84 Å². The quantitative estimate of drug-likeness (QED) is 0.591. The fourth-order valence-electron chi connectivity index (χ4n) is 2.81. The molecule has 0 radical (unpaired) electrons. The molecule has 0 amide bonds. The molecule has 154 valence electrons. The molecule has 5 nitrogen and oxygen atoms in total. The Bertz CT molecular complexity index is 1090. The van der Waals surface area contributed by atoms with Crippen LogP contribution < -0.4 is 10.3 Å². The summed E-state index contributed by atoms with van der Waals surface area (Å²) in [5, 5.41) is 3.45. The first-order chi connectivity index (χ1) is 13.3. The van der Waals surface area contributed by atoms with Crippen molar-refractivity contribution in [3.05, 3.63) is 64.3 Å². The van der Waals surface area contributed by atoms with Crippen LogP contribution >= 0.6 is 0 Å². The lowest BCUT2D eigenvalue weighted by Crippen LogP contribution is -2.19. The van der Waals surface area contributed by atoms with Crippen molar-refractivity contribution in [2.75, 3.05) is 0 Å². The number of benzene rings is 1. The van der Waals surface area contributed by atoms with Gasteiger partial charge in [0.05, 0.1) is 0 Å². The average molecular weight is 417 g/mol. The van der Waals surface area contributed by atoms with E-state index in [4.69, 9.17) is 0 Å². The Morgan fingerprint density at radius 1 is 0.966 bits per heavy atom. The van der Waals surface area contributed by atoms with Crippen LogP contribution in [-0.4, -0.2) is 20.7 Å². The van der Waals surface area contributed by atoms with E-state index in [1.165, 1.54) is 38.5 Å². The van der Waals surface area contributed by atoms with Crippen LogP contribution in [0.2, 0.25) is 0 Å². The fourth-order valence-corrected chi connectivity index (χ4v) is 2.81. The molecule has 3 aromatic rings. The lowest BCUT2D eigenvalue weighted by atomic mass is 10.0. The number of hydrogen-bond acceptors (Lipinski definition) is 3. The highest BCUT2D eigenvalue weighted by molar-refractivity contribution is 5.69. The SMILES string of the molecule is Cc1cc(=O)n(-c2ccc(OC(F)(F)F)cc2)cc1-c1cn(C)nc1C(F)(F)F. The second-order valence-corrected chi connectivity index (χ2v) is 6.18. The topological polar surface area (TPSA) is 49.0 Å². The summed E-state index contributed by atoms with van der Waals surface area (Å²) in [6, 6.07) is 5.52. The minimum Gasteiger partial charge on any atom is -0.406 e. The lowest BCUT2D eigenvalue weighted by molar-refractivity contribution is -0.274. The third-order valence-electron chi connectivity index (χ3n) is 4.00. The lowest BCUT2D eigenvalue weighted by Gasteiger charge is -2.13. The Morgan fingerprint density at radius 2 is 1.59 bits per heavy atom. The zero-order chi connectivity index (χ0) is 21.6. The monoisotopic (exact) mass is 417 g/mol. The van der Waals surface area contributed by atoms with Gasteiger partial charge in [0, 0.05) is 42.3 Å². The van der Waals surface area contributed by atoms with Crippen molar-refractivity contribution < 1.29 is 31.1 Å². The van der Waals surface area contributed by atoms with Gasteiger partial charge in [-0.25, -0.2) is 0 Å². The number of nitrogens with zero attached hydrogens (tertiary/aromatic N) is 3. The number of hydrogen-bond donors (Lipinski definition) is 0. The van der Waals surface area contributed by atoms with Crippen molar-refractivity contribution in [2.45, 2.75) is 19.5 Å². The molecule has 2 aromatic heterocycles. The highest BCUT2D eigenvalue weighted by atomic mass is 19.4. The van der Waals surface area contributed by atoms with Gasteiger partial charge in [0.1, 0.15) is 5.75 Å². The van der Waals surface area contributed by atoms with Gasteiger partial charge < -0.3 is 4.74 Å². The Kier molecular flexibility index (Phi) is 4.93. The molecule has 29 heavy (non-hydrogen) atoms. The maximum atomic E-state index is 13.3. The van der Waals surface area contributed by atoms with E-state index in [-0.39, 0.29) is 16.8 Å². The van der Waals surface area contributed by atoms with Crippen LogP contribution in [0.15, 0.2) is 47.5 Å². The van der Waals surface area contributed by atoms with Crippen molar-refractivity contribution in [3.63, 3.8) is 0 Å². The molecule has 0 aliphatic heterocycles. The predicted octanol–water partition coefficient (Wildman–Crippen LogP) is 4.46. The van der Waals surface area contributed by atoms with E-state index in [9.17, 15) is 31.1 Å². The van der Waals surface area contributed by atoms with Gasteiger partial charge in [-0.2, -0.15) is 18.3 Å². The van der Waals surface area contributed by atoms with Gasteiger partial charge in [0.15, 0.2) is 5.69 Å². The zero-order valence-electron chi connectivity index (χ0n) is 15.0. The van der Waals surface area contributed by atoms with Crippen LogP contribution in [0.5, 0.6) is 5.75 Å². The van der Waals surface area contributed by atoms with Crippen LogP contribution in [0.4, 0.5) is 26.3 Å². The van der Waals surface area contributed by atoms with E-state index in [0.717, 1.165) is 27.4 Å². The number of rotatable bonds is 3. The first kappa shape index (κ1) is 20.5. The number of aromatic nitrogens is 3. The second-order valence-electron chi connectivity index (χ2n) is 6.18. The Morgan fingerprint density at radius 3 is 2.14 bits per heavy atom. The van der Waals surface area contributed by atoms with Gasteiger partial charge in [-0.1, -0.05) is 0 Å². The van der Waals surface area contributed by atoms with Crippen LogP contribution in [0.3, 0.4) is 0 Å². The Labute approximate surface area is 159 Å². The number of pyridine rings is 1. The van der Waals surface area contributed by atoms with Gasteiger partial charge in [0.25, 0.3) is 5.56 Å². The van der Waals surface area contributed by atoms with Crippen molar-refractivity contribution in [3.8, 4) is 22.6 Å². The highest BCUT2D eigenvalue weighted by Crippen LogP contribution is 2.37. The molecule has 0 spiro atoms. The molecule has 3 rings (SSSR count). The van der Waals surface area contributed by atoms with Crippen molar-refractivity contribution >= 4 is 0 Å². The first-order valence-corrected chi connectivity index (χ1v) is 8.06. The molecule has 0 N–H and O–H groups in total. The summed E-state index contributed by atoms with van der Waals surface area (Å²) in [5.74, 6) is -0.492. The van der Waals surface area contributed by atoms with E-state index in [1.807, 2.05) is 0 Å². The number of alkyl halides is 6. The number of ether oxygens (including phenoxy) is 1. The molecule has 2 heterocycles. The summed E-state index contributed by atoms with van der Waals surface area (Å²) in [4.78, 5) is 12.3. The molecule has 0 unspecified atom stereocenters. The molecule has 0 saturated heterocycles. The van der Waals surface area contributed by atoms with Gasteiger partial charge in [0.2, 0.25) is 0 Å². The van der Waals surface area contributed by atoms with Gasteiger partial charge >= 0.3 is 12.5 Å². The van der Waals surface area contributed by atoms with Crippen LogP contribution in [-0.2, 0) is 13.2 Å². The van der Waals surface area contributed by atoms with E-state index < -0.39 is 29.5 Å². The third kappa shape index (κ3) is 4.44. The molecule has 0 aliphatic rings. The maximum absolute atomic E-state index is 13.3. The van der Waals surface area contributed by atoms with Crippen LogP contribution in [0.1, 0.15) is 11.3 Å². The third-order valence-corrected chi connectivity index (χ3v) is 4.00. The van der Waals surface area contributed by atoms with Gasteiger partial charge in [-0.3, -0.25) is 14.0 Å². The molecule has 0 bridgehead atoms. The minimum atomic E-state index is -4.87. The summed E-state index contributed by atoms with van der Waals surface area (Å²) in [6.07, 6.45) is -7.20. The minimum absolute atomic E-state index is 0.112. The van der Waals surface area contributed by atoms with Crippen molar-refractivity contribution in [2.24, 2.45) is 7.05 Å². The fraction of sp³-hybridized carbons (Fsp3) is 0.222. The zero-order valence-corrected chi connectivity index (χ0v) is 15.0. The van der Waals surface area contributed by atoms with E-state index in [1.54, 1.807) is 0 Å². The standard InChI is InChI=1S/C18H13F6N3O2/c1-10-7-15(28)27(11-3-5-12(6-4-11)29-18(22,23)24)9-13(10)14-8-26(2)25-16(14)17(19,20)21/h3-9H,1-2H3. The van der Waals surface area contributed by atoms with Gasteiger partial charge in [-0.05, 0) is 36.8 Å². The van der Waals surface area contributed by atoms with Gasteiger partial charge in [-0.15, -0.1) is 13.2 Å². The summed E-state index contributed by atoms with van der Waals surface area (Å²) in [7, 11) is 1.34. The van der Waals surface area contributed by atoms with Crippen molar-refractivity contribution in [1.82, 2.24) is 14.3 Å². The largest absolute Gasteiger partial charge is 0.573 e. The summed E-state index contributed by atoms with van der Waals surface area (Å²) in [6.45, 7) is 1.48. The molecular formula is C18H13F6N3O2. The Balaban J connectivity index is 2.10. The molecule has 0 fully saturated rings. The normalized spacial score (nSPS) is 12.3. The van der Waals surface area contributed by atoms with E-state index >= 15 is 0 Å². The van der Waals surface area contributed by atoms with Crippen LogP contribution in [0.25, 0.3) is 16.8 Å². The molecule has 0 atom stereocenters. The molecular weight excluding hydrogens is 404 g/mol. The molecule has 0 aliphatic carbocycles. The maximum Gasteiger partial charge on any atom is 0.573 e. The second kappa shape index (κ2) is 6.98. The van der Waals surface area contributed by atoms with E-state index in [0.29, 0.717) is 5.56 Å². The summed E-state index contributed by atoms with van der Waals surface area (Å²) >= 11 is 0. The Hall–Kier alpha value is -3.24. The van der Waals surface area contributed by atoms with Crippen LogP contribution in [0, 0.1) is 6.92 Å².